The van der Waals surface area contributed by atoms with E-state index in [0.29, 0.717) is 5.90 Å². The molecular weight excluding hydrogens is 549 g/mol. The molecule has 0 fully saturated rings. The maximum atomic E-state index is 8.82. The van der Waals surface area contributed by atoms with Crippen LogP contribution in [0, 0.1) is 5.41 Å². The van der Waals surface area contributed by atoms with Crippen LogP contribution >= 0.6 is 0 Å². The Morgan fingerprint density at radius 2 is 1.77 bits per heavy atom. The van der Waals surface area contributed by atoms with Crippen molar-refractivity contribution in [2.24, 2.45) is 9.98 Å². The first-order chi connectivity index (χ1) is 17.0. The minimum atomic E-state index is -0.729. The van der Waals surface area contributed by atoms with Gasteiger partial charge in [0.1, 0.15) is 0 Å². The number of benzene rings is 3. The van der Waals surface area contributed by atoms with E-state index < -0.39 is 21.6 Å². The van der Waals surface area contributed by atoms with Gasteiger partial charge in [0.15, 0.2) is 0 Å². The number of hydrogen-bond acceptors (Lipinski definition) is 5. The zero-order chi connectivity index (χ0) is 24.7. The molecular formula is C29H31IN3O2-. The third-order valence-electron chi connectivity index (χ3n) is 5.82. The Kier molecular flexibility index (Phi) is 8.33. The Morgan fingerprint density at radius 1 is 1.03 bits per heavy atom. The summed E-state index contributed by atoms with van der Waals surface area (Å²) in [6.45, 7) is 6.77. The molecule has 5 nitrogen and oxygen atoms in total. The second kappa shape index (κ2) is 11.6. The van der Waals surface area contributed by atoms with E-state index in [1.807, 2.05) is 60.7 Å². The van der Waals surface area contributed by atoms with E-state index in [1.54, 1.807) is 6.21 Å². The van der Waals surface area contributed by atoms with Crippen molar-refractivity contribution >= 4 is 18.0 Å². The zero-order valence-electron chi connectivity index (χ0n) is 20.4. The average Bonchev–Trinajstić information content (AvgIpc) is 2.88. The molecule has 0 atom stereocenters. The first-order valence-corrected chi connectivity index (χ1v) is 13.9. The second-order valence-corrected chi connectivity index (χ2v) is 12.4. The van der Waals surface area contributed by atoms with Gasteiger partial charge in [-0.2, -0.15) is 0 Å². The predicted octanol–water partition coefficient (Wildman–Crippen LogP) is 3.53. The first-order valence-electron chi connectivity index (χ1n) is 11.9. The molecule has 0 aromatic heterocycles. The van der Waals surface area contributed by atoms with Crippen molar-refractivity contribution in [1.82, 2.24) is 0 Å². The molecule has 1 aliphatic heterocycles. The minimum absolute atomic E-state index is 0.107. The second-order valence-electron chi connectivity index (χ2n) is 8.82. The van der Waals surface area contributed by atoms with Gasteiger partial charge in [0.25, 0.3) is 0 Å². The summed E-state index contributed by atoms with van der Waals surface area (Å²) >= 11 is -0.729. The number of hydrogen-bond donors (Lipinski definition) is 1. The van der Waals surface area contributed by atoms with E-state index in [2.05, 4.69) is 37.9 Å². The van der Waals surface area contributed by atoms with Crippen molar-refractivity contribution in [3.8, 4) is 5.75 Å². The number of aliphatic imine (C=N–C) groups is 2. The molecule has 6 heteroatoms. The number of nitrogens with zero attached hydrogens (tertiary/aromatic N) is 2. The number of fused-ring (bicyclic) bond motifs is 2. The summed E-state index contributed by atoms with van der Waals surface area (Å²) in [5.41, 5.74) is 4.84. The maximum absolute atomic E-state index is 8.82. The van der Waals surface area contributed by atoms with Gasteiger partial charge >= 0.3 is 219 Å². The molecule has 0 aliphatic carbocycles. The molecule has 0 saturated carbocycles. The van der Waals surface area contributed by atoms with Crippen LogP contribution in [0.25, 0.3) is 0 Å². The van der Waals surface area contributed by atoms with Gasteiger partial charge in [-0.1, -0.05) is 0 Å². The van der Waals surface area contributed by atoms with Crippen LogP contribution in [0.1, 0.15) is 61.4 Å². The Balaban J connectivity index is 1.73. The molecule has 0 saturated heterocycles. The number of unbranched alkanes of at least 4 members (excludes halogenated alkanes) is 1. The Labute approximate surface area is 218 Å². The Hall–Kier alpha value is -3.00. The van der Waals surface area contributed by atoms with E-state index in [4.69, 9.17) is 18.2 Å². The van der Waals surface area contributed by atoms with Crippen molar-refractivity contribution in [2.75, 3.05) is 6.67 Å². The number of rotatable bonds is 4. The van der Waals surface area contributed by atoms with Crippen molar-refractivity contribution in [1.29, 1.82) is 5.41 Å². The Morgan fingerprint density at radius 3 is 2.63 bits per heavy atom. The topological polar surface area (TPSA) is 67.0 Å². The van der Waals surface area contributed by atoms with Gasteiger partial charge in [0.2, 0.25) is 0 Å². The molecule has 1 heterocycles. The third-order valence-corrected chi connectivity index (χ3v) is 8.20. The van der Waals surface area contributed by atoms with E-state index >= 15 is 0 Å². The van der Waals surface area contributed by atoms with Crippen molar-refractivity contribution < 1.29 is 29.4 Å². The van der Waals surface area contributed by atoms with Crippen LogP contribution < -0.4 is 24.7 Å². The molecule has 0 unspecified atom stereocenters. The van der Waals surface area contributed by atoms with Gasteiger partial charge in [-0.15, -0.1) is 0 Å². The van der Waals surface area contributed by atoms with Gasteiger partial charge in [0, 0.05) is 0 Å². The van der Waals surface area contributed by atoms with Gasteiger partial charge < -0.3 is 0 Å². The predicted molar refractivity (Wildman–Crippen MR) is 139 cm³/mol. The van der Waals surface area contributed by atoms with E-state index in [9.17, 15) is 0 Å². The number of alkyl halides is 1. The summed E-state index contributed by atoms with van der Waals surface area (Å²) in [5, 5.41) is 8.82. The van der Waals surface area contributed by atoms with Crippen LogP contribution in [0.4, 0.5) is 0 Å². The van der Waals surface area contributed by atoms with Gasteiger partial charge in [-0.3, -0.25) is 0 Å². The number of nitrogens with one attached hydrogen (secondary N) is 1. The fourth-order valence-electron chi connectivity index (χ4n) is 3.92. The molecule has 0 amide bonds. The number of aryl methyl sites for hydroxylation is 1. The van der Waals surface area contributed by atoms with Crippen LogP contribution in [0.3, 0.4) is 0 Å². The van der Waals surface area contributed by atoms with E-state index in [1.165, 1.54) is 0 Å². The van der Waals surface area contributed by atoms with Crippen LogP contribution in [0.15, 0.2) is 82.8 Å². The fraction of sp³-hybridized carbons (Fsp3) is 0.276. The van der Waals surface area contributed by atoms with Crippen LogP contribution in [0.5, 0.6) is 5.75 Å². The van der Waals surface area contributed by atoms with E-state index in [-0.39, 0.29) is 16.0 Å². The summed E-state index contributed by atoms with van der Waals surface area (Å²) in [7, 11) is 0. The molecule has 35 heavy (non-hydrogen) atoms. The monoisotopic (exact) mass is 580 g/mol. The zero-order valence-corrected chi connectivity index (χ0v) is 22.6. The summed E-state index contributed by atoms with van der Waals surface area (Å²) < 4.78 is 12.4. The van der Waals surface area contributed by atoms with Crippen molar-refractivity contribution in [3.63, 3.8) is 0 Å². The summed E-state index contributed by atoms with van der Waals surface area (Å²) in [6.07, 6.45) is 4.89. The van der Waals surface area contributed by atoms with Crippen molar-refractivity contribution in [3.05, 3.63) is 101 Å². The number of ether oxygens (including phenoxy) is 1. The number of halogens is 1. The molecule has 1 N–H and O–H groups in total. The molecule has 3 aromatic carbocycles. The third kappa shape index (κ3) is 6.17. The normalized spacial score (nSPS) is 15.1. The SMILES string of the molecule is CCCCc1ccccc1C(=N)OC1=NCN=Cc2ccccc2O[I-]C(C)(C)c2ccccc21. The summed E-state index contributed by atoms with van der Waals surface area (Å²) in [6, 6.07) is 24.1. The fourth-order valence-corrected chi connectivity index (χ4v) is 5.82. The van der Waals surface area contributed by atoms with Crippen LogP contribution in [-0.4, -0.2) is 24.7 Å². The van der Waals surface area contributed by atoms with Crippen molar-refractivity contribution in [2.45, 2.75) is 43.5 Å². The van der Waals surface area contributed by atoms with E-state index in [0.717, 1.165) is 52.8 Å². The molecule has 0 radical (unpaired) electrons. The molecule has 1 aliphatic rings. The van der Waals surface area contributed by atoms with Gasteiger partial charge in [-0.05, 0) is 0 Å². The molecule has 3 aromatic rings. The van der Waals surface area contributed by atoms with Crippen LogP contribution in [0.2, 0.25) is 0 Å². The molecule has 0 spiro atoms. The standard InChI is InChI=1S/C29H31IN3O2/c1-4-5-12-21-13-6-8-15-23(21)27(31)34-28-24-16-9-10-17-25(24)29(2,3)30-35-26-18-11-7-14-22(26)19-32-20-33-28/h6-11,13-19,31H,4-5,12,20H2,1-3H3/q-1. The summed E-state index contributed by atoms with van der Waals surface area (Å²) in [5.74, 6) is 1.37. The quantitative estimate of drug-likeness (QED) is 0.222. The Bertz CT molecular complexity index is 1250. The molecule has 182 valence electrons. The van der Waals surface area contributed by atoms with Crippen LogP contribution in [-0.2, 0) is 14.6 Å². The molecule has 0 bridgehead atoms. The van der Waals surface area contributed by atoms with Gasteiger partial charge in [0.05, 0.1) is 0 Å². The summed E-state index contributed by atoms with van der Waals surface area (Å²) in [4.78, 5) is 9.23. The average molecular weight is 580 g/mol. The number of para-hydroxylation sites is 1. The van der Waals surface area contributed by atoms with Gasteiger partial charge in [-0.25, -0.2) is 0 Å². The molecule has 4 rings (SSSR count). The first kappa shape index (κ1) is 25.1.